The molecular formula is C56H76BrNaO14S2Si2. The molecule has 0 aromatic heterocycles. The first-order chi connectivity index (χ1) is 35.2. The fraction of sp³-hybridized carbons (Fsp3) is 0.464. The monoisotopic (exact) mass is 1190 g/mol. The zero-order valence-corrected chi connectivity index (χ0v) is 55.5. The van der Waals surface area contributed by atoms with Crippen molar-refractivity contribution in [3.05, 3.63) is 82.9 Å². The van der Waals surface area contributed by atoms with Gasteiger partial charge in [0.15, 0.2) is 34.5 Å². The predicted octanol–water partition coefficient (Wildman–Crippen LogP) is 10.4. The first-order valence-electron chi connectivity index (χ1n) is 24.3. The van der Waals surface area contributed by atoms with Gasteiger partial charge in [-0.25, -0.2) is 0 Å². The van der Waals surface area contributed by atoms with E-state index in [1.807, 2.05) is 56.3 Å². The Morgan fingerprint density at radius 1 is 0.539 bits per heavy atom. The van der Waals surface area contributed by atoms with Crippen molar-refractivity contribution >= 4 is 79.7 Å². The van der Waals surface area contributed by atoms with E-state index in [-0.39, 0.29) is 51.2 Å². The van der Waals surface area contributed by atoms with Gasteiger partial charge in [0.1, 0.15) is 11.5 Å². The number of carbonyl (C=O) groups is 2. The van der Waals surface area contributed by atoms with E-state index >= 15 is 0 Å². The fourth-order valence-corrected chi connectivity index (χ4v) is 10.3. The van der Waals surface area contributed by atoms with Crippen LogP contribution in [0.15, 0.2) is 60.7 Å². The van der Waals surface area contributed by atoms with E-state index in [4.69, 9.17) is 56.2 Å². The summed E-state index contributed by atoms with van der Waals surface area (Å²) in [4.78, 5) is 26.3. The van der Waals surface area contributed by atoms with Crippen LogP contribution in [-0.2, 0) is 22.2 Å². The molecule has 0 N–H and O–H groups in total. The predicted molar refractivity (Wildman–Crippen MR) is 312 cm³/mol. The number of benzene rings is 4. The van der Waals surface area contributed by atoms with Gasteiger partial charge in [0.05, 0.1) is 56.9 Å². The van der Waals surface area contributed by atoms with Gasteiger partial charge in [0.2, 0.25) is 45.0 Å². The molecule has 2 aliphatic heterocycles. The van der Waals surface area contributed by atoms with E-state index in [1.165, 1.54) is 40.2 Å². The molecule has 0 spiro atoms. The van der Waals surface area contributed by atoms with Gasteiger partial charge < -0.3 is 68.8 Å². The van der Waals surface area contributed by atoms with Crippen molar-refractivity contribution in [1.82, 2.24) is 0 Å². The number of alkyl halides is 1. The minimum Gasteiger partial charge on any atom is -0.793 e. The molecule has 0 fully saturated rings. The minimum atomic E-state index is -2.18. The summed E-state index contributed by atoms with van der Waals surface area (Å²) in [6.45, 7) is 25.7. The molecule has 2 aliphatic rings. The average Bonchev–Trinajstić information content (AvgIpc) is 3.57. The number of rotatable bonds is 16. The van der Waals surface area contributed by atoms with Crippen LogP contribution in [-0.4, -0.2) is 107 Å². The topological polar surface area (TPSA) is 145 Å². The number of ketones is 2. The van der Waals surface area contributed by atoms with Crippen LogP contribution in [0, 0.1) is 0 Å². The van der Waals surface area contributed by atoms with Gasteiger partial charge in [0, 0.05) is 11.1 Å². The number of thioether (sulfide) groups is 1. The number of halogens is 1. The van der Waals surface area contributed by atoms with E-state index in [2.05, 4.69) is 96.3 Å². The van der Waals surface area contributed by atoms with Crippen LogP contribution in [0.5, 0.6) is 69.0 Å². The first kappa shape index (κ1) is 66.2. The molecule has 2 atom stereocenters. The largest absolute Gasteiger partial charge is 1.00 e. The summed E-state index contributed by atoms with van der Waals surface area (Å²) in [6, 6.07) is 14.9. The van der Waals surface area contributed by atoms with E-state index in [9.17, 15) is 9.59 Å². The Morgan fingerprint density at radius 3 is 1.22 bits per heavy atom. The molecule has 2 unspecified atom stereocenters. The smallest absolute Gasteiger partial charge is 0.793 e. The molecule has 20 heteroatoms. The molecule has 4 aromatic carbocycles. The molecule has 2 heterocycles. The maximum atomic E-state index is 13.4. The Balaban J connectivity index is 0.000000376. The van der Waals surface area contributed by atoms with Crippen molar-refractivity contribution in [3.63, 3.8) is 0 Å². The first-order valence-corrected chi connectivity index (χ1v) is 32.7. The molecule has 4 aromatic rings. The van der Waals surface area contributed by atoms with Crippen LogP contribution in [0.4, 0.5) is 0 Å². The Labute approximate surface area is 493 Å². The quantitative estimate of drug-likeness (QED) is 0.0595. The zero-order valence-electron chi connectivity index (χ0n) is 48.3. The number of hydrogen-bond acceptors (Lipinski definition) is 16. The number of carbonyl (C=O) groups excluding carboxylic acids is 2. The summed E-state index contributed by atoms with van der Waals surface area (Å²) >= 11 is 9.14. The maximum Gasteiger partial charge on any atom is 1.00 e. The van der Waals surface area contributed by atoms with Gasteiger partial charge >= 0.3 is 29.6 Å². The van der Waals surface area contributed by atoms with Crippen LogP contribution in [0.3, 0.4) is 0 Å². The second kappa shape index (κ2) is 28.2. The molecule has 0 bridgehead atoms. The molecule has 6 rings (SSSR count). The molecule has 76 heavy (non-hydrogen) atoms. The summed E-state index contributed by atoms with van der Waals surface area (Å²) in [7, 11) is 8.11. The average molecular weight is 1200 g/mol. The third kappa shape index (κ3) is 15.0. The number of hydrogen-bond donors (Lipinski definition) is 0. The van der Waals surface area contributed by atoms with E-state index in [0.717, 1.165) is 16.9 Å². The molecule has 412 valence electrons. The van der Waals surface area contributed by atoms with Crippen molar-refractivity contribution in [3.8, 4) is 69.0 Å². The van der Waals surface area contributed by atoms with Crippen molar-refractivity contribution < 1.29 is 95.4 Å². The van der Waals surface area contributed by atoms with Crippen LogP contribution in [0.1, 0.15) is 77.6 Å². The molecule has 0 saturated heterocycles. The van der Waals surface area contributed by atoms with E-state index in [0.29, 0.717) is 97.0 Å². The van der Waals surface area contributed by atoms with Gasteiger partial charge in [-0.15, -0.1) is 11.8 Å². The van der Waals surface area contributed by atoms with Gasteiger partial charge in [-0.3, -0.25) is 9.59 Å². The van der Waals surface area contributed by atoms with E-state index < -0.39 is 27.1 Å². The molecule has 0 aliphatic carbocycles. The summed E-state index contributed by atoms with van der Waals surface area (Å²) in [5.74, 6) is 6.83. The summed E-state index contributed by atoms with van der Waals surface area (Å²) in [5, 5.41) is -0.910. The SMILES string of the molecule is CCSC1Oc2c(cc(OC)c(OC)c2OC)C(c2ccc(OC)c(O[Si](C)(C)C(C)(C)C)c2)=CC1=O.CC[S-].COc1ccc(C2=CC(=O)C(Br)Oc3c2cc(OC)c(OC)c3OC)cc1O[Si](C)(C)C(C)(C)C.[Na+]. The third-order valence-electron chi connectivity index (χ3n) is 13.2. The van der Waals surface area contributed by atoms with Gasteiger partial charge in [-0.2, -0.15) is 5.75 Å². The van der Waals surface area contributed by atoms with Crippen LogP contribution < -0.4 is 85.8 Å². The van der Waals surface area contributed by atoms with Crippen molar-refractivity contribution in [2.75, 3.05) is 68.4 Å². The molecular weight excluding hydrogens is 1120 g/mol. The Morgan fingerprint density at radius 2 is 0.895 bits per heavy atom. The number of fused-ring (bicyclic) bond motifs is 2. The minimum absolute atomic E-state index is 0. The van der Waals surface area contributed by atoms with Gasteiger partial charge in [-0.1, -0.05) is 67.5 Å². The third-order valence-corrected chi connectivity index (χ3v) is 23.5. The molecule has 0 radical (unpaired) electrons. The molecule has 14 nitrogen and oxygen atoms in total. The fourth-order valence-electron chi connectivity index (χ4n) is 7.24. The Kier molecular flexibility index (Phi) is 24.5. The Hall–Kier alpha value is -4.09. The van der Waals surface area contributed by atoms with Gasteiger partial charge in [-0.05, 0) is 129 Å². The standard InChI is InChI=1S/C28H38O7SSi.C26H33BrO7Si.C2H6S.Na/c1-11-36-27-20(29)15-18(19-16-23(31-6)25(32-7)26(33-8)24(19)34-27)17-12-13-21(30-5)22(14-17)35-37(9,10)28(2,3)4;1-26(2,3)35(8,9)34-20-12-15(10-11-19(20)29-4)16-13-18(28)25(27)33-22-17(16)14-21(30-5)23(31-6)24(22)32-7;1-2-3;/h12-16,27H,11H2,1-10H3;10-14,25H,1-9H3;3H,2H2,1H3;/q;;;+1/p-1. The molecule has 0 amide bonds. The maximum absolute atomic E-state index is 13.4. The van der Waals surface area contributed by atoms with E-state index in [1.54, 1.807) is 46.7 Å². The molecule has 0 saturated carbocycles. The summed E-state index contributed by atoms with van der Waals surface area (Å²) in [5.41, 5.74) is 3.39. The summed E-state index contributed by atoms with van der Waals surface area (Å²) in [6.07, 6.45) is 3.18. The normalized spacial score (nSPS) is 15.2. The van der Waals surface area contributed by atoms with Crippen LogP contribution in [0.2, 0.25) is 36.3 Å². The number of methoxy groups -OCH3 is 8. The van der Waals surface area contributed by atoms with Crippen molar-refractivity contribution in [2.24, 2.45) is 0 Å². The van der Waals surface area contributed by atoms with Crippen LogP contribution in [0.25, 0.3) is 11.1 Å². The second-order valence-electron chi connectivity index (χ2n) is 20.0. The van der Waals surface area contributed by atoms with Gasteiger partial charge in [0.25, 0.3) is 16.6 Å². The van der Waals surface area contributed by atoms with Crippen molar-refractivity contribution in [2.45, 2.75) is 102 Å². The summed E-state index contributed by atoms with van der Waals surface area (Å²) < 4.78 is 70.4. The van der Waals surface area contributed by atoms with Crippen molar-refractivity contribution in [1.29, 1.82) is 0 Å². The van der Waals surface area contributed by atoms with Crippen LogP contribution >= 0.6 is 27.7 Å². The zero-order chi connectivity index (χ0) is 56.4. The second-order valence-corrected chi connectivity index (χ2v) is 32.2. The Bertz CT molecular complexity index is 2740. The number of ether oxygens (including phenoxy) is 10.